The molecule has 0 saturated carbocycles. The summed E-state index contributed by atoms with van der Waals surface area (Å²) in [4.78, 5) is 0. The van der Waals surface area contributed by atoms with Gasteiger partial charge in [-0.25, -0.2) is 4.39 Å². The number of hydrogen-bond donors (Lipinski definition) is 1. The van der Waals surface area contributed by atoms with Gasteiger partial charge in [-0.2, -0.15) is 0 Å². The molecule has 0 radical (unpaired) electrons. The first kappa shape index (κ1) is 15.0. The second-order valence-electron chi connectivity index (χ2n) is 5.72. The molecular weight excluding hydrogens is 305 g/mol. The molecular formula is C16H23BrFN. The van der Waals surface area contributed by atoms with Gasteiger partial charge in [0.2, 0.25) is 0 Å². The number of nitrogens with one attached hydrogen (secondary N) is 1. The summed E-state index contributed by atoms with van der Waals surface area (Å²) in [6.07, 6.45) is 8.32. The second-order valence-corrected chi connectivity index (χ2v) is 6.64. The molecule has 1 atom stereocenters. The highest BCUT2D eigenvalue weighted by Crippen LogP contribution is 2.29. The van der Waals surface area contributed by atoms with E-state index in [1.165, 1.54) is 44.6 Å². The first-order chi connectivity index (χ1) is 9.13. The number of rotatable bonds is 4. The van der Waals surface area contributed by atoms with E-state index in [9.17, 15) is 4.39 Å². The van der Waals surface area contributed by atoms with Gasteiger partial charge in [-0.15, -0.1) is 0 Å². The van der Waals surface area contributed by atoms with E-state index in [0.717, 1.165) is 23.0 Å². The fourth-order valence-electron chi connectivity index (χ4n) is 3.24. The van der Waals surface area contributed by atoms with Crippen LogP contribution in [0.2, 0.25) is 0 Å². The fraction of sp³-hybridized carbons (Fsp3) is 0.625. The standard InChI is InChI=1S/C16H23BrFN/c1-2-6-16(7-4-3-5-8-19-16)12-13-9-14(17)11-15(18)10-13/h9-11,19H,2-8,12H2,1H3. The van der Waals surface area contributed by atoms with Crippen LogP contribution in [0.5, 0.6) is 0 Å². The zero-order valence-corrected chi connectivity index (χ0v) is 13.2. The molecule has 1 heterocycles. The van der Waals surface area contributed by atoms with Crippen molar-refractivity contribution in [2.75, 3.05) is 6.54 Å². The van der Waals surface area contributed by atoms with Crippen LogP contribution in [-0.4, -0.2) is 12.1 Å². The Morgan fingerprint density at radius 3 is 2.84 bits per heavy atom. The van der Waals surface area contributed by atoms with Crippen LogP contribution in [0.15, 0.2) is 22.7 Å². The van der Waals surface area contributed by atoms with E-state index in [4.69, 9.17) is 0 Å². The van der Waals surface area contributed by atoms with Crippen LogP contribution in [0.25, 0.3) is 0 Å². The predicted molar refractivity (Wildman–Crippen MR) is 81.9 cm³/mol. The lowest BCUT2D eigenvalue weighted by Crippen LogP contribution is -2.46. The maximum Gasteiger partial charge on any atom is 0.124 e. The van der Waals surface area contributed by atoms with E-state index in [1.807, 2.05) is 6.07 Å². The minimum Gasteiger partial charge on any atom is -0.311 e. The van der Waals surface area contributed by atoms with Crippen molar-refractivity contribution < 1.29 is 4.39 Å². The molecule has 0 bridgehead atoms. The van der Waals surface area contributed by atoms with Crippen molar-refractivity contribution in [1.29, 1.82) is 0 Å². The molecule has 0 aliphatic carbocycles. The highest BCUT2D eigenvalue weighted by atomic mass is 79.9. The normalized spacial score (nSPS) is 24.2. The van der Waals surface area contributed by atoms with Gasteiger partial charge in [0.05, 0.1) is 0 Å². The van der Waals surface area contributed by atoms with Crippen molar-refractivity contribution in [2.24, 2.45) is 0 Å². The minimum absolute atomic E-state index is 0.148. The number of benzene rings is 1. The Morgan fingerprint density at radius 1 is 1.26 bits per heavy atom. The lowest BCUT2D eigenvalue weighted by molar-refractivity contribution is 0.288. The number of hydrogen-bond acceptors (Lipinski definition) is 1. The van der Waals surface area contributed by atoms with Crippen molar-refractivity contribution in [1.82, 2.24) is 5.32 Å². The van der Waals surface area contributed by atoms with E-state index in [-0.39, 0.29) is 11.4 Å². The van der Waals surface area contributed by atoms with E-state index in [0.29, 0.717) is 0 Å². The Hall–Kier alpha value is -0.410. The molecule has 1 fully saturated rings. The first-order valence-corrected chi connectivity index (χ1v) is 8.13. The smallest absolute Gasteiger partial charge is 0.124 e. The van der Waals surface area contributed by atoms with Gasteiger partial charge in [0.1, 0.15) is 5.82 Å². The Morgan fingerprint density at radius 2 is 2.11 bits per heavy atom. The van der Waals surface area contributed by atoms with Crippen molar-refractivity contribution in [2.45, 2.75) is 57.4 Å². The average molecular weight is 328 g/mol. The minimum atomic E-state index is -0.148. The van der Waals surface area contributed by atoms with E-state index in [1.54, 1.807) is 6.07 Å². The summed E-state index contributed by atoms with van der Waals surface area (Å²) < 4.78 is 14.4. The van der Waals surface area contributed by atoms with Crippen LogP contribution in [0, 0.1) is 5.82 Å². The van der Waals surface area contributed by atoms with Crippen LogP contribution >= 0.6 is 15.9 Å². The lowest BCUT2D eigenvalue weighted by Gasteiger charge is -2.34. The predicted octanol–water partition coefficient (Wildman–Crippen LogP) is 4.83. The highest BCUT2D eigenvalue weighted by molar-refractivity contribution is 9.10. The summed E-state index contributed by atoms with van der Waals surface area (Å²) in [5.41, 5.74) is 1.26. The van der Waals surface area contributed by atoms with Gasteiger partial charge in [-0.3, -0.25) is 0 Å². The number of halogens is 2. The largest absolute Gasteiger partial charge is 0.311 e. The molecule has 106 valence electrons. The zero-order chi connectivity index (χ0) is 13.7. The van der Waals surface area contributed by atoms with Crippen LogP contribution in [0.4, 0.5) is 4.39 Å². The Kier molecular flexibility index (Phi) is 5.40. The molecule has 1 nitrogen and oxygen atoms in total. The Bertz CT molecular complexity index is 391. The van der Waals surface area contributed by atoms with E-state index in [2.05, 4.69) is 28.2 Å². The fourth-order valence-corrected chi connectivity index (χ4v) is 3.75. The third kappa shape index (κ3) is 4.28. The maximum absolute atomic E-state index is 13.5. The van der Waals surface area contributed by atoms with Gasteiger partial charge in [0, 0.05) is 10.0 Å². The summed E-state index contributed by atoms with van der Waals surface area (Å²) in [6, 6.07) is 5.25. The van der Waals surface area contributed by atoms with Crippen LogP contribution in [-0.2, 0) is 6.42 Å². The van der Waals surface area contributed by atoms with E-state index < -0.39 is 0 Å². The van der Waals surface area contributed by atoms with Crippen molar-refractivity contribution >= 4 is 15.9 Å². The highest BCUT2D eigenvalue weighted by Gasteiger charge is 2.29. The third-order valence-corrected chi connectivity index (χ3v) is 4.48. The third-order valence-electron chi connectivity index (χ3n) is 4.03. The quantitative estimate of drug-likeness (QED) is 0.834. The molecule has 1 N–H and O–H groups in total. The van der Waals surface area contributed by atoms with Crippen LogP contribution < -0.4 is 5.32 Å². The van der Waals surface area contributed by atoms with Gasteiger partial charge in [0.15, 0.2) is 0 Å². The molecule has 3 heteroatoms. The molecule has 0 amide bonds. The van der Waals surface area contributed by atoms with Crippen LogP contribution in [0.1, 0.15) is 51.0 Å². The summed E-state index contributed by atoms with van der Waals surface area (Å²) in [7, 11) is 0. The molecule has 1 saturated heterocycles. The molecule has 2 rings (SSSR count). The monoisotopic (exact) mass is 327 g/mol. The van der Waals surface area contributed by atoms with Crippen molar-refractivity contribution in [3.63, 3.8) is 0 Å². The summed E-state index contributed by atoms with van der Waals surface area (Å²) in [5, 5.41) is 3.75. The van der Waals surface area contributed by atoms with Gasteiger partial charge in [-0.1, -0.05) is 42.1 Å². The van der Waals surface area contributed by atoms with Gasteiger partial charge >= 0.3 is 0 Å². The molecule has 1 unspecified atom stereocenters. The molecule has 1 aliphatic rings. The van der Waals surface area contributed by atoms with Crippen LogP contribution in [0.3, 0.4) is 0 Å². The topological polar surface area (TPSA) is 12.0 Å². The molecule has 0 aromatic heterocycles. The summed E-state index contributed by atoms with van der Waals surface area (Å²) >= 11 is 3.39. The van der Waals surface area contributed by atoms with Crippen molar-refractivity contribution in [3.8, 4) is 0 Å². The SMILES string of the molecule is CCCC1(Cc2cc(F)cc(Br)c2)CCCCCN1. The zero-order valence-electron chi connectivity index (χ0n) is 11.6. The van der Waals surface area contributed by atoms with E-state index >= 15 is 0 Å². The van der Waals surface area contributed by atoms with Gasteiger partial charge < -0.3 is 5.32 Å². The van der Waals surface area contributed by atoms with Crippen molar-refractivity contribution in [3.05, 3.63) is 34.1 Å². The lowest BCUT2D eigenvalue weighted by atomic mass is 9.83. The summed E-state index contributed by atoms with van der Waals surface area (Å²) in [5.74, 6) is -0.148. The molecule has 0 spiro atoms. The molecule has 1 aliphatic heterocycles. The Labute approximate surface area is 124 Å². The molecule has 1 aromatic carbocycles. The summed E-state index contributed by atoms with van der Waals surface area (Å²) in [6.45, 7) is 3.33. The first-order valence-electron chi connectivity index (χ1n) is 7.33. The molecule has 19 heavy (non-hydrogen) atoms. The van der Waals surface area contributed by atoms with Gasteiger partial charge in [-0.05, 0) is 56.0 Å². The second kappa shape index (κ2) is 6.85. The molecule has 1 aromatic rings. The average Bonchev–Trinajstić information content (AvgIpc) is 2.54. The Balaban J connectivity index is 2.18. The van der Waals surface area contributed by atoms with Gasteiger partial charge in [0.25, 0.3) is 0 Å². The maximum atomic E-state index is 13.5.